The summed E-state index contributed by atoms with van der Waals surface area (Å²) >= 11 is 0. The standard InChI is InChI=1S/C16H22O/c1-4-5-6-7-16(17)9-8-15-11-13(2)10-14(3)12-15/h10-12,16-17H,4-7H2,1-3H3. The van der Waals surface area contributed by atoms with E-state index in [2.05, 4.69) is 50.8 Å². The van der Waals surface area contributed by atoms with Crippen LogP contribution >= 0.6 is 0 Å². The third-order valence-corrected chi connectivity index (χ3v) is 2.69. The highest BCUT2D eigenvalue weighted by Gasteiger charge is 1.98. The van der Waals surface area contributed by atoms with Gasteiger partial charge in [0.1, 0.15) is 6.10 Å². The van der Waals surface area contributed by atoms with E-state index in [9.17, 15) is 5.11 Å². The fourth-order valence-electron chi connectivity index (χ4n) is 1.87. The molecule has 0 saturated carbocycles. The summed E-state index contributed by atoms with van der Waals surface area (Å²) in [6, 6.07) is 6.24. The van der Waals surface area contributed by atoms with Gasteiger partial charge in [-0.25, -0.2) is 0 Å². The highest BCUT2D eigenvalue weighted by Crippen LogP contribution is 2.08. The number of benzene rings is 1. The lowest BCUT2D eigenvalue weighted by Gasteiger charge is -2.02. The Kier molecular flexibility index (Phi) is 5.80. The lowest BCUT2D eigenvalue weighted by Crippen LogP contribution is -2.02. The van der Waals surface area contributed by atoms with E-state index in [4.69, 9.17) is 0 Å². The number of aliphatic hydroxyl groups is 1. The van der Waals surface area contributed by atoms with Gasteiger partial charge in [0.15, 0.2) is 0 Å². The first-order valence-electron chi connectivity index (χ1n) is 6.39. The van der Waals surface area contributed by atoms with E-state index in [0.29, 0.717) is 0 Å². The molecular weight excluding hydrogens is 208 g/mol. The molecule has 0 bridgehead atoms. The second kappa shape index (κ2) is 7.14. The Morgan fingerprint density at radius 1 is 1.12 bits per heavy atom. The first-order valence-corrected chi connectivity index (χ1v) is 6.39. The van der Waals surface area contributed by atoms with Gasteiger partial charge >= 0.3 is 0 Å². The van der Waals surface area contributed by atoms with Crippen molar-refractivity contribution in [3.8, 4) is 11.8 Å². The van der Waals surface area contributed by atoms with Gasteiger partial charge in [0.25, 0.3) is 0 Å². The second-order valence-electron chi connectivity index (χ2n) is 4.66. The summed E-state index contributed by atoms with van der Waals surface area (Å²) in [5.41, 5.74) is 3.43. The van der Waals surface area contributed by atoms with Gasteiger partial charge in [-0.2, -0.15) is 0 Å². The van der Waals surface area contributed by atoms with Crippen LogP contribution in [-0.2, 0) is 0 Å². The van der Waals surface area contributed by atoms with E-state index in [-0.39, 0.29) is 0 Å². The number of rotatable bonds is 4. The first-order chi connectivity index (χ1) is 8.11. The van der Waals surface area contributed by atoms with Crippen LogP contribution in [0.15, 0.2) is 18.2 Å². The zero-order valence-electron chi connectivity index (χ0n) is 11.1. The first kappa shape index (κ1) is 13.8. The van der Waals surface area contributed by atoms with Gasteiger partial charge in [0.2, 0.25) is 0 Å². The third kappa shape index (κ3) is 5.56. The summed E-state index contributed by atoms with van der Waals surface area (Å²) in [6.45, 7) is 6.29. The summed E-state index contributed by atoms with van der Waals surface area (Å²) in [4.78, 5) is 0. The van der Waals surface area contributed by atoms with Crippen molar-refractivity contribution >= 4 is 0 Å². The SMILES string of the molecule is CCCCCC(O)C#Cc1cc(C)cc(C)c1. The molecule has 1 rings (SSSR count). The van der Waals surface area contributed by atoms with Crippen LogP contribution in [0.1, 0.15) is 49.3 Å². The van der Waals surface area contributed by atoms with E-state index in [1.165, 1.54) is 24.0 Å². The van der Waals surface area contributed by atoms with Gasteiger partial charge in [0, 0.05) is 5.56 Å². The molecule has 1 nitrogen and oxygen atoms in total. The maximum Gasteiger partial charge on any atom is 0.115 e. The Labute approximate surface area is 105 Å². The van der Waals surface area contributed by atoms with E-state index >= 15 is 0 Å². The summed E-state index contributed by atoms with van der Waals surface area (Å²) < 4.78 is 0. The molecule has 92 valence electrons. The van der Waals surface area contributed by atoms with E-state index < -0.39 is 6.10 Å². The average Bonchev–Trinajstić information content (AvgIpc) is 2.25. The predicted molar refractivity (Wildman–Crippen MR) is 72.9 cm³/mol. The zero-order chi connectivity index (χ0) is 12.7. The van der Waals surface area contributed by atoms with Crippen molar-refractivity contribution in [3.05, 3.63) is 34.9 Å². The largest absolute Gasteiger partial charge is 0.380 e. The van der Waals surface area contributed by atoms with Crippen molar-refractivity contribution in [1.29, 1.82) is 0 Å². The minimum absolute atomic E-state index is 0.484. The van der Waals surface area contributed by atoms with Gasteiger partial charge in [-0.3, -0.25) is 0 Å². The molecule has 0 saturated heterocycles. The van der Waals surface area contributed by atoms with Crippen molar-refractivity contribution in [2.75, 3.05) is 0 Å². The monoisotopic (exact) mass is 230 g/mol. The Morgan fingerprint density at radius 3 is 2.35 bits per heavy atom. The molecule has 0 aliphatic rings. The normalized spacial score (nSPS) is 11.8. The maximum absolute atomic E-state index is 9.70. The van der Waals surface area contributed by atoms with Crippen LogP contribution in [0.4, 0.5) is 0 Å². The molecular formula is C16H22O. The average molecular weight is 230 g/mol. The second-order valence-corrected chi connectivity index (χ2v) is 4.66. The van der Waals surface area contributed by atoms with Crippen molar-refractivity contribution in [2.45, 2.75) is 52.6 Å². The fourth-order valence-corrected chi connectivity index (χ4v) is 1.87. The van der Waals surface area contributed by atoms with Crippen LogP contribution in [0.3, 0.4) is 0 Å². The van der Waals surface area contributed by atoms with Crippen LogP contribution in [-0.4, -0.2) is 11.2 Å². The maximum atomic E-state index is 9.70. The van der Waals surface area contributed by atoms with Gasteiger partial charge in [0.05, 0.1) is 0 Å². The molecule has 0 aliphatic heterocycles. The molecule has 0 fully saturated rings. The highest BCUT2D eigenvalue weighted by molar-refractivity contribution is 5.40. The summed E-state index contributed by atoms with van der Waals surface area (Å²) in [5.74, 6) is 5.97. The van der Waals surface area contributed by atoms with Gasteiger partial charge in [-0.1, -0.05) is 37.7 Å². The Hall–Kier alpha value is -1.26. The topological polar surface area (TPSA) is 20.2 Å². The van der Waals surface area contributed by atoms with Gasteiger partial charge < -0.3 is 5.11 Å². The molecule has 1 aromatic carbocycles. The Bertz CT molecular complexity index is 389. The van der Waals surface area contributed by atoms with Crippen LogP contribution in [0.25, 0.3) is 0 Å². The summed E-state index contributed by atoms with van der Waals surface area (Å²) in [7, 11) is 0. The van der Waals surface area contributed by atoms with E-state index in [1.807, 2.05) is 0 Å². The number of aryl methyl sites for hydroxylation is 2. The molecule has 0 aromatic heterocycles. The van der Waals surface area contributed by atoms with Crippen LogP contribution in [0.2, 0.25) is 0 Å². The molecule has 0 radical (unpaired) electrons. The molecule has 1 unspecified atom stereocenters. The predicted octanol–water partition coefficient (Wildman–Crippen LogP) is 3.60. The van der Waals surface area contributed by atoms with Crippen molar-refractivity contribution in [3.63, 3.8) is 0 Å². The number of unbranched alkanes of at least 4 members (excludes halogenated alkanes) is 2. The van der Waals surface area contributed by atoms with Crippen molar-refractivity contribution in [2.24, 2.45) is 0 Å². The van der Waals surface area contributed by atoms with Crippen molar-refractivity contribution in [1.82, 2.24) is 0 Å². The smallest absolute Gasteiger partial charge is 0.115 e. The molecule has 17 heavy (non-hydrogen) atoms. The molecule has 1 heteroatoms. The molecule has 0 spiro atoms. The van der Waals surface area contributed by atoms with Crippen molar-refractivity contribution < 1.29 is 5.11 Å². The Balaban J connectivity index is 2.58. The van der Waals surface area contributed by atoms with Crippen LogP contribution in [0, 0.1) is 25.7 Å². The lowest BCUT2D eigenvalue weighted by atomic mass is 10.1. The van der Waals surface area contributed by atoms with Crippen LogP contribution in [0.5, 0.6) is 0 Å². The molecule has 1 atom stereocenters. The summed E-state index contributed by atoms with van der Waals surface area (Å²) in [5, 5.41) is 9.70. The minimum atomic E-state index is -0.484. The highest BCUT2D eigenvalue weighted by atomic mass is 16.3. The molecule has 1 aromatic rings. The van der Waals surface area contributed by atoms with Gasteiger partial charge in [-0.05, 0) is 49.9 Å². The summed E-state index contributed by atoms with van der Waals surface area (Å²) in [6.07, 6.45) is 3.70. The third-order valence-electron chi connectivity index (χ3n) is 2.69. The molecule has 0 aliphatic carbocycles. The quantitative estimate of drug-likeness (QED) is 0.619. The van der Waals surface area contributed by atoms with E-state index in [1.54, 1.807) is 0 Å². The molecule has 0 amide bonds. The molecule has 0 heterocycles. The van der Waals surface area contributed by atoms with E-state index in [0.717, 1.165) is 18.4 Å². The van der Waals surface area contributed by atoms with Gasteiger partial charge in [-0.15, -0.1) is 0 Å². The lowest BCUT2D eigenvalue weighted by molar-refractivity contribution is 0.217. The fraction of sp³-hybridized carbons (Fsp3) is 0.500. The number of hydrogen-bond donors (Lipinski definition) is 1. The Morgan fingerprint density at radius 2 is 1.76 bits per heavy atom. The zero-order valence-corrected chi connectivity index (χ0v) is 11.1. The van der Waals surface area contributed by atoms with Crippen LogP contribution < -0.4 is 0 Å². The minimum Gasteiger partial charge on any atom is -0.380 e. The molecule has 1 N–H and O–H groups in total. The number of aliphatic hydroxyl groups excluding tert-OH is 1. The number of hydrogen-bond acceptors (Lipinski definition) is 1.